The van der Waals surface area contributed by atoms with Gasteiger partial charge >= 0.3 is 0 Å². The predicted molar refractivity (Wildman–Crippen MR) is 157 cm³/mol. The SMILES string of the molecule is CC(C)c1ccccc1-c1ncc2c(n1)N(Cc1ccc(-c3ccccc3OCCN(C)C)cc1)CN2C. The summed E-state index contributed by atoms with van der Waals surface area (Å²) in [4.78, 5) is 16.5. The lowest BCUT2D eigenvalue weighted by molar-refractivity contribution is 0.262. The van der Waals surface area contributed by atoms with Gasteiger partial charge in [0.2, 0.25) is 0 Å². The summed E-state index contributed by atoms with van der Waals surface area (Å²) in [7, 11) is 6.21. The fourth-order valence-corrected chi connectivity index (χ4v) is 4.91. The number of aromatic nitrogens is 2. The summed E-state index contributed by atoms with van der Waals surface area (Å²) in [6.45, 7) is 7.53. The molecule has 0 atom stereocenters. The van der Waals surface area contributed by atoms with E-state index in [1.54, 1.807) is 0 Å². The Morgan fingerprint density at radius 1 is 0.921 bits per heavy atom. The number of para-hydroxylation sites is 1. The van der Waals surface area contributed by atoms with E-state index in [1.807, 2.05) is 18.3 Å². The van der Waals surface area contributed by atoms with E-state index in [4.69, 9.17) is 14.7 Å². The van der Waals surface area contributed by atoms with Crippen molar-refractivity contribution < 1.29 is 4.74 Å². The Kier molecular flexibility index (Phi) is 7.61. The fourth-order valence-electron chi connectivity index (χ4n) is 4.91. The number of likely N-dealkylation sites (N-methyl/N-ethyl adjacent to an activating group) is 1. The Balaban J connectivity index is 1.36. The van der Waals surface area contributed by atoms with E-state index >= 15 is 0 Å². The van der Waals surface area contributed by atoms with Crippen LogP contribution in [-0.2, 0) is 6.54 Å². The number of hydrogen-bond acceptors (Lipinski definition) is 6. The minimum absolute atomic E-state index is 0.406. The first-order chi connectivity index (χ1) is 18.4. The van der Waals surface area contributed by atoms with Crippen molar-refractivity contribution in [3.05, 3.63) is 90.1 Å². The summed E-state index contributed by atoms with van der Waals surface area (Å²) < 4.78 is 6.09. The molecule has 0 bridgehead atoms. The number of anilines is 2. The number of fused-ring (bicyclic) bond motifs is 1. The van der Waals surface area contributed by atoms with Crippen molar-refractivity contribution in [3.8, 4) is 28.3 Å². The third-order valence-corrected chi connectivity index (χ3v) is 6.99. The number of benzene rings is 3. The van der Waals surface area contributed by atoms with Crippen LogP contribution in [0, 0.1) is 0 Å². The molecular weight excluding hydrogens is 470 g/mol. The summed E-state index contributed by atoms with van der Waals surface area (Å²) in [6.07, 6.45) is 1.96. The van der Waals surface area contributed by atoms with Crippen molar-refractivity contribution in [3.63, 3.8) is 0 Å². The maximum atomic E-state index is 6.09. The second-order valence-corrected chi connectivity index (χ2v) is 10.5. The van der Waals surface area contributed by atoms with Gasteiger partial charge in [0.15, 0.2) is 11.6 Å². The van der Waals surface area contributed by atoms with Gasteiger partial charge in [-0.05, 0) is 42.8 Å². The predicted octanol–water partition coefficient (Wildman–Crippen LogP) is 6.29. The molecule has 0 unspecified atom stereocenters. The largest absolute Gasteiger partial charge is 0.492 e. The summed E-state index contributed by atoms with van der Waals surface area (Å²) >= 11 is 0. The zero-order valence-electron chi connectivity index (χ0n) is 23.1. The van der Waals surface area contributed by atoms with Gasteiger partial charge in [-0.3, -0.25) is 0 Å². The van der Waals surface area contributed by atoms with Crippen LogP contribution in [0.4, 0.5) is 11.5 Å². The summed E-state index contributed by atoms with van der Waals surface area (Å²) in [6, 6.07) is 25.5. The van der Waals surface area contributed by atoms with E-state index in [2.05, 4.69) is 110 Å². The van der Waals surface area contributed by atoms with Gasteiger partial charge in [-0.2, -0.15) is 0 Å². The molecule has 2 heterocycles. The lowest BCUT2D eigenvalue weighted by Gasteiger charge is -2.19. The van der Waals surface area contributed by atoms with Crippen molar-refractivity contribution in [2.75, 3.05) is 50.8 Å². The van der Waals surface area contributed by atoms with E-state index in [0.29, 0.717) is 12.5 Å². The van der Waals surface area contributed by atoms with Crippen LogP contribution in [0.3, 0.4) is 0 Å². The molecule has 0 aliphatic carbocycles. The van der Waals surface area contributed by atoms with Gasteiger partial charge in [-0.1, -0.05) is 80.6 Å². The molecule has 38 heavy (non-hydrogen) atoms. The van der Waals surface area contributed by atoms with Gasteiger partial charge in [-0.25, -0.2) is 9.97 Å². The van der Waals surface area contributed by atoms with Crippen molar-refractivity contribution in [1.82, 2.24) is 14.9 Å². The maximum Gasteiger partial charge on any atom is 0.161 e. The van der Waals surface area contributed by atoms with Gasteiger partial charge in [0.1, 0.15) is 12.4 Å². The molecule has 4 aromatic rings. The van der Waals surface area contributed by atoms with Crippen LogP contribution in [0.1, 0.15) is 30.9 Å². The second kappa shape index (κ2) is 11.2. The van der Waals surface area contributed by atoms with Crippen molar-refractivity contribution in [2.45, 2.75) is 26.3 Å². The third-order valence-electron chi connectivity index (χ3n) is 6.99. The summed E-state index contributed by atoms with van der Waals surface area (Å²) in [5, 5.41) is 0. The molecule has 5 rings (SSSR count). The minimum Gasteiger partial charge on any atom is -0.492 e. The van der Waals surface area contributed by atoms with E-state index in [1.165, 1.54) is 11.1 Å². The number of nitrogens with zero attached hydrogens (tertiary/aromatic N) is 5. The Morgan fingerprint density at radius 2 is 1.63 bits per heavy atom. The van der Waals surface area contributed by atoms with Gasteiger partial charge in [0.05, 0.1) is 18.6 Å². The molecule has 0 spiro atoms. The van der Waals surface area contributed by atoms with Gasteiger partial charge < -0.3 is 19.4 Å². The van der Waals surface area contributed by atoms with Crippen molar-refractivity contribution in [2.24, 2.45) is 0 Å². The van der Waals surface area contributed by atoms with E-state index < -0.39 is 0 Å². The topological polar surface area (TPSA) is 44.7 Å². The lowest BCUT2D eigenvalue weighted by Crippen LogP contribution is -2.27. The zero-order chi connectivity index (χ0) is 26.6. The quantitative estimate of drug-likeness (QED) is 0.265. The first kappa shape index (κ1) is 25.7. The number of hydrogen-bond donors (Lipinski definition) is 0. The molecule has 1 aliphatic rings. The highest BCUT2D eigenvalue weighted by atomic mass is 16.5. The van der Waals surface area contributed by atoms with Crippen LogP contribution in [0.25, 0.3) is 22.5 Å². The molecule has 0 N–H and O–H groups in total. The van der Waals surface area contributed by atoms with Crippen molar-refractivity contribution >= 4 is 11.5 Å². The molecule has 0 saturated carbocycles. The highest BCUT2D eigenvalue weighted by molar-refractivity contribution is 5.75. The molecule has 0 saturated heterocycles. The number of ether oxygens (including phenoxy) is 1. The molecule has 0 amide bonds. The van der Waals surface area contributed by atoms with Crippen LogP contribution in [0.5, 0.6) is 5.75 Å². The van der Waals surface area contributed by atoms with Crippen LogP contribution < -0.4 is 14.5 Å². The standard InChI is InChI=1S/C32H37N5O/c1-23(2)26-10-6-7-12-28(26)31-33-20-29-32(34-31)37(22-36(29)5)21-24-14-16-25(17-15-24)27-11-8-9-13-30(27)38-19-18-35(3)4/h6-17,20,23H,18-19,21-22H2,1-5H3. The number of rotatable bonds is 9. The molecular formula is C32H37N5O. The normalized spacial score (nSPS) is 12.9. The molecule has 0 fully saturated rings. The van der Waals surface area contributed by atoms with Gasteiger partial charge in [0.25, 0.3) is 0 Å². The summed E-state index contributed by atoms with van der Waals surface area (Å²) in [5.41, 5.74) is 6.95. The molecule has 6 nitrogen and oxygen atoms in total. The zero-order valence-corrected chi connectivity index (χ0v) is 23.1. The second-order valence-electron chi connectivity index (χ2n) is 10.5. The van der Waals surface area contributed by atoms with E-state index in [0.717, 1.165) is 59.5 Å². The average molecular weight is 508 g/mol. The van der Waals surface area contributed by atoms with Crippen LogP contribution in [0.15, 0.2) is 79.0 Å². The summed E-state index contributed by atoms with van der Waals surface area (Å²) in [5.74, 6) is 3.10. The average Bonchev–Trinajstić information content (AvgIpc) is 3.23. The third kappa shape index (κ3) is 5.50. The Labute approximate surface area is 226 Å². The Bertz CT molecular complexity index is 1380. The van der Waals surface area contributed by atoms with Crippen LogP contribution in [0.2, 0.25) is 0 Å². The van der Waals surface area contributed by atoms with E-state index in [9.17, 15) is 0 Å². The highest BCUT2D eigenvalue weighted by Gasteiger charge is 2.26. The fraction of sp³-hybridized carbons (Fsp3) is 0.312. The van der Waals surface area contributed by atoms with Gasteiger partial charge in [-0.15, -0.1) is 0 Å². The van der Waals surface area contributed by atoms with Crippen LogP contribution in [-0.4, -0.2) is 55.8 Å². The molecule has 1 aromatic heterocycles. The monoisotopic (exact) mass is 507 g/mol. The Morgan fingerprint density at radius 3 is 2.37 bits per heavy atom. The molecule has 0 radical (unpaired) electrons. The lowest BCUT2D eigenvalue weighted by atomic mass is 9.97. The first-order valence-corrected chi connectivity index (χ1v) is 13.3. The Hall–Kier alpha value is -3.90. The molecule has 3 aromatic carbocycles. The van der Waals surface area contributed by atoms with E-state index in [-0.39, 0.29) is 0 Å². The smallest absolute Gasteiger partial charge is 0.161 e. The molecule has 196 valence electrons. The molecule has 6 heteroatoms. The van der Waals surface area contributed by atoms with Crippen LogP contribution >= 0.6 is 0 Å². The first-order valence-electron chi connectivity index (χ1n) is 13.3. The minimum atomic E-state index is 0.406. The molecule has 1 aliphatic heterocycles. The van der Waals surface area contributed by atoms with Gasteiger partial charge in [0, 0.05) is 31.3 Å². The maximum absolute atomic E-state index is 6.09. The highest BCUT2D eigenvalue weighted by Crippen LogP contribution is 2.37. The van der Waals surface area contributed by atoms with Crippen molar-refractivity contribution in [1.29, 1.82) is 0 Å².